The summed E-state index contributed by atoms with van der Waals surface area (Å²) >= 11 is 0. The van der Waals surface area contributed by atoms with Crippen LogP contribution in [0.5, 0.6) is 0 Å². The first-order valence-corrected chi connectivity index (χ1v) is 12.3. The third-order valence-electron chi connectivity index (χ3n) is 6.62. The predicted molar refractivity (Wildman–Crippen MR) is 137 cm³/mol. The quantitative estimate of drug-likeness (QED) is 0.672. The van der Waals surface area contributed by atoms with Gasteiger partial charge in [0, 0.05) is 11.4 Å². The highest BCUT2D eigenvalue weighted by Crippen LogP contribution is 2.20. The molecule has 35 heavy (non-hydrogen) atoms. The average molecular weight is 481 g/mol. The number of urea groups is 2. The summed E-state index contributed by atoms with van der Waals surface area (Å²) in [5, 5.41) is 6.00. The van der Waals surface area contributed by atoms with Crippen molar-refractivity contribution in [1.29, 1.82) is 0 Å². The number of hydrogen-bond donors (Lipinski definition) is 2. The highest BCUT2D eigenvalue weighted by atomic mass is 16.5. The zero-order valence-electron chi connectivity index (χ0n) is 21.0. The van der Waals surface area contributed by atoms with Crippen LogP contribution in [0.25, 0.3) is 0 Å². The van der Waals surface area contributed by atoms with Crippen LogP contribution >= 0.6 is 0 Å². The second-order valence-electron chi connectivity index (χ2n) is 9.72. The number of nitrogens with one attached hydrogen (secondary N) is 2. The van der Waals surface area contributed by atoms with E-state index in [-0.39, 0.29) is 36.2 Å². The van der Waals surface area contributed by atoms with Crippen molar-refractivity contribution in [1.82, 2.24) is 9.80 Å². The molecule has 2 fully saturated rings. The fourth-order valence-corrected chi connectivity index (χ4v) is 4.83. The molecule has 0 aliphatic carbocycles. The van der Waals surface area contributed by atoms with E-state index in [4.69, 9.17) is 9.47 Å². The number of nitrogens with zero attached hydrogens (tertiary/aromatic N) is 2. The number of amides is 4. The molecule has 188 valence electrons. The molecule has 4 amide bonds. The third kappa shape index (κ3) is 6.13. The van der Waals surface area contributed by atoms with E-state index < -0.39 is 0 Å². The monoisotopic (exact) mass is 480 g/mol. The lowest BCUT2D eigenvalue weighted by Crippen LogP contribution is -2.53. The number of ether oxygens (including phenoxy) is 2. The van der Waals surface area contributed by atoms with E-state index in [0.717, 1.165) is 28.9 Å². The highest BCUT2D eigenvalue weighted by Gasteiger charge is 2.30. The first kappa shape index (κ1) is 25.0. The molecule has 0 bridgehead atoms. The number of carbonyl (C=O) groups excluding carboxylic acids is 2. The lowest BCUT2D eigenvalue weighted by molar-refractivity contribution is -0.0111. The highest BCUT2D eigenvalue weighted by molar-refractivity contribution is 5.90. The van der Waals surface area contributed by atoms with Crippen molar-refractivity contribution < 1.29 is 19.1 Å². The Bertz CT molecular complexity index is 909. The van der Waals surface area contributed by atoms with Crippen molar-refractivity contribution in [2.75, 3.05) is 37.1 Å². The molecule has 0 radical (unpaired) electrons. The van der Waals surface area contributed by atoms with E-state index in [9.17, 15) is 9.59 Å². The van der Waals surface area contributed by atoms with Gasteiger partial charge in [-0.15, -0.1) is 0 Å². The molecular weight excluding hydrogens is 444 g/mol. The van der Waals surface area contributed by atoms with Crippen LogP contribution in [0.1, 0.15) is 38.8 Å². The number of rotatable bonds is 4. The molecule has 4 atom stereocenters. The van der Waals surface area contributed by atoms with Crippen LogP contribution in [0.15, 0.2) is 48.5 Å². The number of benzene rings is 2. The van der Waals surface area contributed by atoms with Gasteiger partial charge in [-0.05, 0) is 69.5 Å². The zero-order chi connectivity index (χ0) is 24.9. The van der Waals surface area contributed by atoms with E-state index in [2.05, 4.69) is 10.6 Å². The Morgan fingerprint density at radius 2 is 0.971 bits per heavy atom. The predicted octanol–water partition coefficient (Wildman–Crippen LogP) is 4.56. The lowest BCUT2D eigenvalue weighted by Gasteiger charge is -2.38. The summed E-state index contributed by atoms with van der Waals surface area (Å²) in [6.07, 6.45) is 0.761. The first-order chi connectivity index (χ1) is 16.8. The van der Waals surface area contributed by atoms with Crippen LogP contribution in [0.4, 0.5) is 21.0 Å². The molecule has 2 aromatic rings. The molecule has 8 heteroatoms. The molecule has 0 saturated carbocycles. The molecule has 2 saturated heterocycles. The van der Waals surface area contributed by atoms with Crippen LogP contribution in [0.2, 0.25) is 0 Å². The van der Waals surface area contributed by atoms with Gasteiger partial charge in [0.25, 0.3) is 0 Å². The maximum absolute atomic E-state index is 12.7. The Labute approximate surface area is 207 Å². The van der Waals surface area contributed by atoms with Gasteiger partial charge >= 0.3 is 12.1 Å². The fourth-order valence-electron chi connectivity index (χ4n) is 4.83. The Morgan fingerprint density at radius 3 is 1.29 bits per heavy atom. The molecule has 2 aliphatic rings. The van der Waals surface area contributed by atoms with E-state index in [1.165, 1.54) is 0 Å². The van der Waals surface area contributed by atoms with Gasteiger partial charge < -0.3 is 29.9 Å². The Morgan fingerprint density at radius 1 is 0.657 bits per heavy atom. The molecule has 0 spiro atoms. The molecule has 4 unspecified atom stereocenters. The van der Waals surface area contributed by atoms with Gasteiger partial charge in [0.05, 0.1) is 50.6 Å². The molecule has 0 aromatic heterocycles. The second kappa shape index (κ2) is 11.1. The van der Waals surface area contributed by atoms with Crippen molar-refractivity contribution in [2.45, 2.75) is 58.3 Å². The molecule has 4 rings (SSSR count). The number of anilines is 2. The standard InChI is InChI=1S/C27H36N4O4/c1-18-14-34-15-19(2)30(18)26(32)28-24-9-5-22(6-10-24)13-23-7-11-25(12-8-23)29-27(33)31-20(3)16-35-17-21(31)4/h5-12,18-21H,13-17H2,1-4H3,(H,28,32)(H,29,33). The molecule has 2 N–H and O–H groups in total. The van der Waals surface area contributed by atoms with Crippen molar-refractivity contribution >= 4 is 23.4 Å². The lowest BCUT2D eigenvalue weighted by atomic mass is 10.0. The van der Waals surface area contributed by atoms with E-state index in [1.54, 1.807) is 0 Å². The van der Waals surface area contributed by atoms with Crippen molar-refractivity contribution in [3.05, 3.63) is 59.7 Å². The van der Waals surface area contributed by atoms with Crippen LogP contribution < -0.4 is 10.6 Å². The Kier molecular flexibility index (Phi) is 7.93. The minimum absolute atomic E-state index is 0.0476. The summed E-state index contributed by atoms with van der Waals surface area (Å²) in [6.45, 7) is 10.2. The van der Waals surface area contributed by atoms with E-state index >= 15 is 0 Å². The Balaban J connectivity index is 1.31. The fraction of sp³-hybridized carbons (Fsp3) is 0.481. The minimum Gasteiger partial charge on any atom is -0.377 e. The van der Waals surface area contributed by atoms with Crippen LogP contribution in [-0.4, -0.2) is 72.5 Å². The maximum atomic E-state index is 12.7. The van der Waals surface area contributed by atoms with Crippen molar-refractivity contribution in [2.24, 2.45) is 0 Å². The summed E-state index contributed by atoms with van der Waals surface area (Å²) in [4.78, 5) is 29.2. The van der Waals surface area contributed by atoms with Crippen LogP contribution in [0.3, 0.4) is 0 Å². The van der Waals surface area contributed by atoms with Gasteiger partial charge in [-0.1, -0.05) is 24.3 Å². The Hall–Kier alpha value is -3.10. The van der Waals surface area contributed by atoms with Gasteiger partial charge in [-0.2, -0.15) is 0 Å². The van der Waals surface area contributed by atoms with Gasteiger partial charge in [0.1, 0.15) is 0 Å². The smallest absolute Gasteiger partial charge is 0.322 e. The van der Waals surface area contributed by atoms with Gasteiger partial charge in [-0.25, -0.2) is 9.59 Å². The minimum atomic E-state index is -0.0976. The largest absolute Gasteiger partial charge is 0.377 e. The van der Waals surface area contributed by atoms with E-state index in [0.29, 0.717) is 26.4 Å². The van der Waals surface area contributed by atoms with Gasteiger partial charge in [0.15, 0.2) is 0 Å². The average Bonchev–Trinajstić information content (AvgIpc) is 2.81. The van der Waals surface area contributed by atoms with E-state index in [1.807, 2.05) is 86.0 Å². The molecule has 8 nitrogen and oxygen atoms in total. The van der Waals surface area contributed by atoms with Crippen LogP contribution in [0, 0.1) is 0 Å². The first-order valence-electron chi connectivity index (χ1n) is 12.3. The van der Waals surface area contributed by atoms with Crippen molar-refractivity contribution in [3.8, 4) is 0 Å². The van der Waals surface area contributed by atoms with Gasteiger partial charge in [0.2, 0.25) is 0 Å². The molecule has 2 aromatic carbocycles. The third-order valence-corrected chi connectivity index (χ3v) is 6.62. The number of carbonyl (C=O) groups is 2. The summed E-state index contributed by atoms with van der Waals surface area (Å²) in [6, 6.07) is 15.8. The summed E-state index contributed by atoms with van der Waals surface area (Å²) < 4.78 is 11.0. The van der Waals surface area contributed by atoms with Gasteiger partial charge in [-0.3, -0.25) is 0 Å². The van der Waals surface area contributed by atoms with Crippen LogP contribution in [-0.2, 0) is 15.9 Å². The summed E-state index contributed by atoms with van der Waals surface area (Å²) in [7, 11) is 0. The summed E-state index contributed by atoms with van der Waals surface area (Å²) in [5.41, 5.74) is 3.83. The number of morpholine rings is 2. The SMILES string of the molecule is CC1COCC(C)N1C(=O)Nc1ccc(Cc2ccc(NC(=O)N3C(C)COCC3C)cc2)cc1. The second-order valence-corrected chi connectivity index (χ2v) is 9.72. The molecular formula is C27H36N4O4. The number of hydrogen-bond acceptors (Lipinski definition) is 4. The summed E-state index contributed by atoms with van der Waals surface area (Å²) in [5.74, 6) is 0. The molecule has 2 aliphatic heterocycles. The molecule has 2 heterocycles. The van der Waals surface area contributed by atoms with Crippen molar-refractivity contribution in [3.63, 3.8) is 0 Å². The normalized spacial score (nSPS) is 24.7. The zero-order valence-corrected chi connectivity index (χ0v) is 21.0. The topological polar surface area (TPSA) is 83.1 Å². The maximum Gasteiger partial charge on any atom is 0.322 e.